The predicted molar refractivity (Wildman–Crippen MR) is 33.8 cm³/mol. The Morgan fingerprint density at radius 2 is 1.07 bits per heavy atom. The Morgan fingerprint density at radius 3 is 1.40 bits per heavy atom. The van der Waals surface area contributed by atoms with Crippen LogP contribution in [0.3, 0.4) is 0 Å². The van der Waals surface area contributed by atoms with E-state index in [0.29, 0.717) is 0 Å². The number of hydrogen-bond donors (Lipinski definition) is 0. The second kappa shape index (κ2) is 2.53. The molecule has 0 saturated heterocycles. The molecule has 0 saturated carbocycles. The number of alkyl halides is 6. The van der Waals surface area contributed by atoms with Gasteiger partial charge in [0.05, 0.1) is 0 Å². The van der Waals surface area contributed by atoms with Crippen LogP contribution in [0.5, 0.6) is 0 Å². The summed E-state index contributed by atoms with van der Waals surface area (Å²) in [7, 11) is 0. The Kier molecular flexibility index (Phi) is 1.76. The van der Waals surface area contributed by atoms with Crippen molar-refractivity contribution in [3.63, 3.8) is 0 Å². The first-order valence-electron chi connectivity index (χ1n) is 3.87. The van der Waals surface area contributed by atoms with Crippen molar-refractivity contribution in [3.05, 3.63) is 11.5 Å². The van der Waals surface area contributed by atoms with Crippen LogP contribution in [-0.4, -0.2) is 31.0 Å². The largest absolute Gasteiger partial charge is 0.485 e. The molecule has 0 atom stereocenters. The Labute approximate surface area is 79.4 Å². The summed E-state index contributed by atoms with van der Waals surface area (Å²) >= 11 is 0. The molecule has 86 valence electrons. The molecular weight excluding hydrogens is 230 g/mol. The van der Waals surface area contributed by atoms with Gasteiger partial charge in [0, 0.05) is 0 Å². The molecule has 1 aliphatic carbocycles. The Balaban J connectivity index is 2.58. The second-order valence-corrected chi connectivity index (χ2v) is 3.08. The SMILES string of the molecule is FC1(F)C2=C(OCCO2)C(F)(F)C1(F)F. The summed E-state index contributed by atoms with van der Waals surface area (Å²) in [4.78, 5) is 0. The highest BCUT2D eigenvalue weighted by Gasteiger charge is 2.83. The maximum absolute atomic E-state index is 12.9. The standard InChI is InChI=1S/C7H4F6O2/c8-5(9)3-4(15-2-1-14-3)6(10,11)7(5,12)13/h1-2H2. The van der Waals surface area contributed by atoms with Crippen molar-refractivity contribution in [2.45, 2.75) is 17.8 Å². The fourth-order valence-corrected chi connectivity index (χ4v) is 1.37. The maximum Gasteiger partial charge on any atom is 0.387 e. The first-order valence-corrected chi connectivity index (χ1v) is 3.87. The van der Waals surface area contributed by atoms with Crippen LogP contribution in [0, 0.1) is 0 Å². The lowest BCUT2D eigenvalue weighted by Crippen LogP contribution is -2.49. The molecule has 0 amide bonds. The normalized spacial score (nSPS) is 30.5. The van der Waals surface area contributed by atoms with E-state index in [2.05, 4.69) is 9.47 Å². The molecule has 8 heteroatoms. The average molecular weight is 234 g/mol. The Morgan fingerprint density at radius 1 is 0.733 bits per heavy atom. The summed E-state index contributed by atoms with van der Waals surface area (Å²) in [5.41, 5.74) is 0. The molecule has 2 rings (SSSR count). The molecule has 0 N–H and O–H groups in total. The Hall–Kier alpha value is -1.08. The van der Waals surface area contributed by atoms with Crippen LogP contribution in [0.4, 0.5) is 26.3 Å². The number of rotatable bonds is 0. The third kappa shape index (κ3) is 0.967. The third-order valence-corrected chi connectivity index (χ3v) is 2.14. The van der Waals surface area contributed by atoms with Gasteiger partial charge in [-0.1, -0.05) is 0 Å². The third-order valence-electron chi connectivity index (χ3n) is 2.14. The van der Waals surface area contributed by atoms with Crippen LogP contribution in [0.25, 0.3) is 0 Å². The van der Waals surface area contributed by atoms with Gasteiger partial charge in [0.15, 0.2) is 0 Å². The zero-order valence-electron chi connectivity index (χ0n) is 7.00. The summed E-state index contributed by atoms with van der Waals surface area (Å²) in [6.45, 7) is -0.916. The molecule has 0 fully saturated rings. The van der Waals surface area contributed by atoms with Gasteiger partial charge < -0.3 is 9.47 Å². The summed E-state index contributed by atoms with van der Waals surface area (Å²) < 4.78 is 85.1. The minimum absolute atomic E-state index is 0.458. The van der Waals surface area contributed by atoms with Gasteiger partial charge in [-0.3, -0.25) is 0 Å². The fourth-order valence-electron chi connectivity index (χ4n) is 1.37. The zero-order chi connectivity index (χ0) is 11.5. The fraction of sp³-hybridized carbons (Fsp3) is 0.714. The van der Waals surface area contributed by atoms with Crippen molar-refractivity contribution in [3.8, 4) is 0 Å². The molecule has 0 unspecified atom stereocenters. The molecular formula is C7H4F6O2. The van der Waals surface area contributed by atoms with Crippen molar-refractivity contribution in [1.29, 1.82) is 0 Å². The highest BCUT2D eigenvalue weighted by atomic mass is 19.3. The van der Waals surface area contributed by atoms with E-state index in [4.69, 9.17) is 0 Å². The second-order valence-electron chi connectivity index (χ2n) is 3.08. The van der Waals surface area contributed by atoms with Crippen molar-refractivity contribution < 1.29 is 35.8 Å². The predicted octanol–water partition coefficient (Wildman–Crippen LogP) is 2.16. The average Bonchev–Trinajstić information content (AvgIpc) is 2.26. The van der Waals surface area contributed by atoms with Gasteiger partial charge in [0.25, 0.3) is 0 Å². The van der Waals surface area contributed by atoms with E-state index >= 15 is 0 Å². The zero-order valence-corrected chi connectivity index (χ0v) is 7.00. The molecule has 0 aromatic carbocycles. The van der Waals surface area contributed by atoms with Gasteiger partial charge in [-0.2, -0.15) is 26.3 Å². The lowest BCUT2D eigenvalue weighted by atomic mass is 10.1. The smallest absolute Gasteiger partial charge is 0.387 e. The number of allylic oxidation sites excluding steroid dienone is 2. The lowest BCUT2D eigenvalue weighted by molar-refractivity contribution is -0.274. The van der Waals surface area contributed by atoms with Gasteiger partial charge in [0.1, 0.15) is 13.2 Å². The van der Waals surface area contributed by atoms with Crippen LogP contribution in [-0.2, 0) is 9.47 Å². The van der Waals surface area contributed by atoms with Crippen LogP contribution in [0.15, 0.2) is 11.5 Å². The maximum atomic E-state index is 12.9. The summed E-state index contributed by atoms with van der Waals surface area (Å²) in [5, 5.41) is 0. The van der Waals surface area contributed by atoms with Crippen molar-refractivity contribution in [2.24, 2.45) is 0 Å². The highest BCUT2D eigenvalue weighted by Crippen LogP contribution is 2.60. The number of halogens is 6. The Bertz CT molecular complexity index is 304. The van der Waals surface area contributed by atoms with E-state index in [0.717, 1.165) is 0 Å². The summed E-state index contributed by atoms with van der Waals surface area (Å²) in [5.74, 6) is -19.1. The van der Waals surface area contributed by atoms with E-state index < -0.39 is 42.5 Å². The van der Waals surface area contributed by atoms with Crippen LogP contribution in [0.2, 0.25) is 0 Å². The molecule has 0 aromatic rings. The minimum Gasteiger partial charge on any atom is -0.485 e. The van der Waals surface area contributed by atoms with E-state index in [1.54, 1.807) is 0 Å². The van der Waals surface area contributed by atoms with E-state index in [1.165, 1.54) is 0 Å². The van der Waals surface area contributed by atoms with Gasteiger partial charge in [-0.15, -0.1) is 0 Å². The van der Waals surface area contributed by atoms with Gasteiger partial charge in [-0.05, 0) is 0 Å². The van der Waals surface area contributed by atoms with Gasteiger partial charge in [-0.25, -0.2) is 0 Å². The van der Waals surface area contributed by atoms with E-state index in [-0.39, 0.29) is 0 Å². The molecule has 0 radical (unpaired) electrons. The molecule has 0 spiro atoms. The molecule has 15 heavy (non-hydrogen) atoms. The minimum atomic E-state index is -5.52. The van der Waals surface area contributed by atoms with Crippen LogP contribution < -0.4 is 0 Å². The van der Waals surface area contributed by atoms with E-state index in [9.17, 15) is 26.3 Å². The van der Waals surface area contributed by atoms with Crippen molar-refractivity contribution in [1.82, 2.24) is 0 Å². The molecule has 0 bridgehead atoms. The van der Waals surface area contributed by atoms with Crippen molar-refractivity contribution in [2.75, 3.05) is 13.2 Å². The molecule has 2 aliphatic rings. The topological polar surface area (TPSA) is 18.5 Å². The molecule has 1 heterocycles. The van der Waals surface area contributed by atoms with Crippen LogP contribution in [0.1, 0.15) is 0 Å². The van der Waals surface area contributed by atoms with E-state index in [1.807, 2.05) is 0 Å². The molecule has 1 aliphatic heterocycles. The summed E-state index contributed by atoms with van der Waals surface area (Å²) in [6.07, 6.45) is 0. The number of ether oxygens (including phenoxy) is 2. The summed E-state index contributed by atoms with van der Waals surface area (Å²) in [6, 6.07) is 0. The molecule has 0 aromatic heterocycles. The lowest BCUT2D eigenvalue weighted by Gasteiger charge is -2.23. The van der Waals surface area contributed by atoms with Gasteiger partial charge in [0.2, 0.25) is 11.5 Å². The first-order chi connectivity index (χ1) is 6.73. The molecule has 2 nitrogen and oxygen atoms in total. The van der Waals surface area contributed by atoms with Gasteiger partial charge >= 0.3 is 17.8 Å². The van der Waals surface area contributed by atoms with Crippen LogP contribution >= 0.6 is 0 Å². The quantitative estimate of drug-likeness (QED) is 0.598. The monoisotopic (exact) mass is 234 g/mol. The number of hydrogen-bond acceptors (Lipinski definition) is 2. The first kappa shape index (κ1) is 10.4. The van der Waals surface area contributed by atoms with Crippen molar-refractivity contribution >= 4 is 0 Å². The highest BCUT2D eigenvalue weighted by molar-refractivity contribution is 5.34.